The number of nitrogens with one attached hydrogen (secondary N) is 1. The lowest BCUT2D eigenvalue weighted by atomic mass is 9.48. The van der Waals surface area contributed by atoms with Crippen LogP contribution in [0.5, 0.6) is 0 Å². The predicted molar refractivity (Wildman–Crippen MR) is 47.5 cm³/mol. The molecule has 1 N–H and O–H groups in total. The van der Waals surface area contributed by atoms with E-state index in [2.05, 4.69) is 19.3 Å². The van der Waals surface area contributed by atoms with Crippen molar-refractivity contribution in [2.24, 2.45) is 17.3 Å². The molecule has 0 atom stereocenters. The Balaban J connectivity index is 1.72. The lowest BCUT2D eigenvalue weighted by Crippen LogP contribution is -2.49. The SMILES string of the molecule is CNCC1CC2(CC(C)C2)C1. The van der Waals surface area contributed by atoms with Crippen LogP contribution in [0.4, 0.5) is 0 Å². The minimum atomic E-state index is 0.848. The number of hydrogen-bond donors (Lipinski definition) is 1. The van der Waals surface area contributed by atoms with Crippen molar-refractivity contribution >= 4 is 0 Å². The largest absolute Gasteiger partial charge is 0.319 e. The van der Waals surface area contributed by atoms with Gasteiger partial charge in [0.2, 0.25) is 0 Å². The van der Waals surface area contributed by atoms with E-state index < -0.39 is 0 Å². The maximum atomic E-state index is 3.27. The molecule has 2 aliphatic carbocycles. The quantitative estimate of drug-likeness (QED) is 0.640. The van der Waals surface area contributed by atoms with Crippen LogP contribution in [-0.4, -0.2) is 13.6 Å². The molecule has 0 amide bonds. The van der Waals surface area contributed by atoms with Gasteiger partial charge in [0.25, 0.3) is 0 Å². The summed E-state index contributed by atoms with van der Waals surface area (Å²) in [5.74, 6) is 2.04. The fraction of sp³-hybridized carbons (Fsp3) is 1.00. The second kappa shape index (κ2) is 2.48. The Morgan fingerprint density at radius 3 is 2.36 bits per heavy atom. The predicted octanol–water partition coefficient (Wildman–Crippen LogP) is 2.03. The van der Waals surface area contributed by atoms with E-state index in [0.717, 1.165) is 17.3 Å². The van der Waals surface area contributed by atoms with Crippen LogP contribution < -0.4 is 5.32 Å². The lowest BCUT2D eigenvalue weighted by molar-refractivity contribution is -0.0601. The molecular weight excluding hydrogens is 134 g/mol. The summed E-state index contributed by atoms with van der Waals surface area (Å²) in [4.78, 5) is 0. The second-order valence-electron chi connectivity index (χ2n) is 4.85. The fourth-order valence-electron chi connectivity index (χ4n) is 3.35. The molecule has 64 valence electrons. The van der Waals surface area contributed by atoms with E-state index in [1.807, 2.05) is 0 Å². The van der Waals surface area contributed by atoms with Gasteiger partial charge in [-0.3, -0.25) is 0 Å². The number of hydrogen-bond acceptors (Lipinski definition) is 1. The zero-order valence-electron chi connectivity index (χ0n) is 7.69. The third kappa shape index (κ3) is 1.20. The smallest absolute Gasteiger partial charge is 0.00231 e. The summed E-state index contributed by atoms with van der Waals surface area (Å²) in [7, 11) is 2.06. The topological polar surface area (TPSA) is 12.0 Å². The molecule has 11 heavy (non-hydrogen) atoms. The summed E-state index contributed by atoms with van der Waals surface area (Å²) in [5, 5.41) is 3.27. The van der Waals surface area contributed by atoms with Gasteiger partial charge >= 0.3 is 0 Å². The average molecular weight is 153 g/mol. The van der Waals surface area contributed by atoms with Crippen LogP contribution in [0.2, 0.25) is 0 Å². The van der Waals surface area contributed by atoms with E-state index >= 15 is 0 Å². The van der Waals surface area contributed by atoms with Crippen molar-refractivity contribution < 1.29 is 0 Å². The van der Waals surface area contributed by atoms with E-state index in [1.165, 1.54) is 32.2 Å². The molecule has 0 heterocycles. The monoisotopic (exact) mass is 153 g/mol. The Labute approximate surface area is 69.6 Å². The summed E-state index contributed by atoms with van der Waals surface area (Å²) >= 11 is 0. The highest BCUT2D eigenvalue weighted by Gasteiger charge is 2.50. The maximum absolute atomic E-state index is 3.27. The molecule has 2 rings (SSSR count). The molecule has 0 radical (unpaired) electrons. The molecule has 0 aliphatic heterocycles. The zero-order valence-corrected chi connectivity index (χ0v) is 7.69. The first-order chi connectivity index (χ1) is 5.24. The van der Waals surface area contributed by atoms with Crippen molar-refractivity contribution in [2.45, 2.75) is 32.6 Å². The molecule has 1 spiro atoms. The van der Waals surface area contributed by atoms with Crippen molar-refractivity contribution in [3.05, 3.63) is 0 Å². The van der Waals surface area contributed by atoms with Crippen molar-refractivity contribution in [1.29, 1.82) is 0 Å². The third-order valence-electron chi connectivity index (χ3n) is 3.50. The Kier molecular flexibility index (Phi) is 1.71. The molecule has 0 bridgehead atoms. The Hall–Kier alpha value is -0.0400. The van der Waals surface area contributed by atoms with E-state index in [9.17, 15) is 0 Å². The first kappa shape index (κ1) is 7.60. The lowest BCUT2D eigenvalue weighted by Gasteiger charge is -2.57. The normalized spacial score (nSPS) is 48.5. The molecule has 0 saturated heterocycles. The van der Waals surface area contributed by atoms with E-state index in [4.69, 9.17) is 0 Å². The molecule has 1 heteroatoms. The highest BCUT2D eigenvalue weighted by atomic mass is 14.8. The van der Waals surface area contributed by atoms with E-state index in [1.54, 1.807) is 0 Å². The van der Waals surface area contributed by atoms with Gasteiger partial charge in [0.15, 0.2) is 0 Å². The van der Waals surface area contributed by atoms with Gasteiger partial charge in [0.05, 0.1) is 0 Å². The maximum Gasteiger partial charge on any atom is -0.00231 e. The Morgan fingerprint density at radius 1 is 1.27 bits per heavy atom. The Morgan fingerprint density at radius 2 is 1.91 bits per heavy atom. The van der Waals surface area contributed by atoms with Gasteiger partial charge in [0, 0.05) is 0 Å². The van der Waals surface area contributed by atoms with Crippen molar-refractivity contribution in [1.82, 2.24) is 5.32 Å². The first-order valence-corrected chi connectivity index (χ1v) is 4.89. The van der Waals surface area contributed by atoms with Gasteiger partial charge in [-0.05, 0) is 56.5 Å². The molecule has 2 fully saturated rings. The van der Waals surface area contributed by atoms with Crippen molar-refractivity contribution in [3.63, 3.8) is 0 Å². The van der Waals surface area contributed by atoms with Gasteiger partial charge in [0.1, 0.15) is 0 Å². The van der Waals surface area contributed by atoms with Crippen LogP contribution in [0.1, 0.15) is 32.6 Å². The van der Waals surface area contributed by atoms with E-state index in [-0.39, 0.29) is 0 Å². The van der Waals surface area contributed by atoms with Gasteiger partial charge < -0.3 is 5.32 Å². The second-order valence-corrected chi connectivity index (χ2v) is 4.85. The average Bonchev–Trinajstić information content (AvgIpc) is 1.80. The fourth-order valence-corrected chi connectivity index (χ4v) is 3.35. The molecule has 1 nitrogen and oxygen atoms in total. The summed E-state index contributed by atoms with van der Waals surface area (Å²) in [5.41, 5.74) is 0.848. The first-order valence-electron chi connectivity index (χ1n) is 4.89. The van der Waals surface area contributed by atoms with Gasteiger partial charge in [-0.15, -0.1) is 0 Å². The standard InChI is InChI=1S/C10H19N/c1-8-3-10(4-8)5-9(6-10)7-11-2/h8-9,11H,3-7H2,1-2H3. The molecule has 2 saturated carbocycles. The highest BCUT2D eigenvalue weighted by molar-refractivity contribution is 5.01. The summed E-state index contributed by atoms with van der Waals surface area (Å²) in [6.07, 6.45) is 6.07. The van der Waals surface area contributed by atoms with Crippen LogP contribution in [0, 0.1) is 17.3 Å². The zero-order chi connectivity index (χ0) is 7.90. The van der Waals surface area contributed by atoms with Crippen LogP contribution in [0.25, 0.3) is 0 Å². The summed E-state index contributed by atoms with van der Waals surface area (Å²) < 4.78 is 0. The summed E-state index contributed by atoms with van der Waals surface area (Å²) in [6.45, 7) is 3.63. The minimum absolute atomic E-state index is 0.848. The molecule has 0 aromatic rings. The van der Waals surface area contributed by atoms with Crippen LogP contribution in [0.3, 0.4) is 0 Å². The minimum Gasteiger partial charge on any atom is -0.319 e. The molecule has 0 aromatic carbocycles. The van der Waals surface area contributed by atoms with Crippen molar-refractivity contribution in [3.8, 4) is 0 Å². The van der Waals surface area contributed by atoms with Gasteiger partial charge in [-0.25, -0.2) is 0 Å². The van der Waals surface area contributed by atoms with Crippen molar-refractivity contribution in [2.75, 3.05) is 13.6 Å². The molecule has 0 aromatic heterocycles. The van der Waals surface area contributed by atoms with Crippen LogP contribution >= 0.6 is 0 Å². The molecular formula is C10H19N. The number of rotatable bonds is 2. The van der Waals surface area contributed by atoms with Gasteiger partial charge in [-0.1, -0.05) is 6.92 Å². The van der Waals surface area contributed by atoms with E-state index in [0.29, 0.717) is 0 Å². The molecule has 2 aliphatic rings. The third-order valence-corrected chi connectivity index (χ3v) is 3.50. The van der Waals surface area contributed by atoms with Gasteiger partial charge in [-0.2, -0.15) is 0 Å². The van der Waals surface area contributed by atoms with Crippen LogP contribution in [0.15, 0.2) is 0 Å². The summed E-state index contributed by atoms with van der Waals surface area (Å²) in [6, 6.07) is 0. The van der Waals surface area contributed by atoms with Crippen LogP contribution in [-0.2, 0) is 0 Å². The Bertz CT molecular complexity index is 139. The highest BCUT2D eigenvalue weighted by Crippen LogP contribution is 2.60. The molecule has 0 unspecified atom stereocenters.